The fourth-order valence-corrected chi connectivity index (χ4v) is 2.56. The number of aromatic nitrogens is 1. The van der Waals surface area contributed by atoms with Crippen molar-refractivity contribution >= 4 is 11.6 Å². The third-order valence-corrected chi connectivity index (χ3v) is 3.91. The van der Waals surface area contributed by atoms with Crippen molar-refractivity contribution in [2.75, 3.05) is 5.32 Å². The minimum Gasteiger partial charge on any atom is -0.322 e. The molecule has 2 aromatic carbocycles. The van der Waals surface area contributed by atoms with Crippen LogP contribution in [-0.2, 0) is 6.42 Å². The van der Waals surface area contributed by atoms with Gasteiger partial charge in [0.2, 0.25) is 0 Å². The van der Waals surface area contributed by atoms with E-state index in [9.17, 15) is 9.18 Å². The number of rotatable bonds is 5. The number of amides is 1. The SMILES string of the molecule is CCCc1ccc(-c2ccc(C(=O)Nc3ccc(F)cc3)cc2)nc1. The Labute approximate surface area is 146 Å². The van der Waals surface area contributed by atoms with Crippen molar-refractivity contribution in [3.8, 4) is 11.3 Å². The van der Waals surface area contributed by atoms with Crippen molar-refractivity contribution in [2.45, 2.75) is 19.8 Å². The van der Waals surface area contributed by atoms with Gasteiger partial charge in [-0.25, -0.2) is 4.39 Å². The molecule has 1 heterocycles. The summed E-state index contributed by atoms with van der Waals surface area (Å²) in [6, 6.07) is 17.0. The summed E-state index contributed by atoms with van der Waals surface area (Å²) in [5.41, 5.74) is 4.16. The van der Waals surface area contributed by atoms with Crippen LogP contribution in [0.5, 0.6) is 0 Å². The van der Waals surface area contributed by atoms with Gasteiger partial charge in [0.1, 0.15) is 5.82 Å². The average Bonchev–Trinajstić information content (AvgIpc) is 2.65. The Morgan fingerprint density at radius 2 is 1.72 bits per heavy atom. The maximum absolute atomic E-state index is 12.9. The Morgan fingerprint density at radius 3 is 2.32 bits per heavy atom. The number of carbonyl (C=O) groups is 1. The van der Waals surface area contributed by atoms with Crippen LogP contribution in [0, 0.1) is 5.82 Å². The van der Waals surface area contributed by atoms with E-state index in [2.05, 4.69) is 23.3 Å². The zero-order valence-electron chi connectivity index (χ0n) is 14.0. The first kappa shape index (κ1) is 16.8. The van der Waals surface area contributed by atoms with Crippen molar-refractivity contribution in [1.29, 1.82) is 0 Å². The molecule has 0 saturated heterocycles. The lowest BCUT2D eigenvalue weighted by atomic mass is 10.1. The number of aryl methyl sites for hydroxylation is 1. The van der Waals surface area contributed by atoms with Crippen LogP contribution in [0.1, 0.15) is 29.3 Å². The van der Waals surface area contributed by atoms with E-state index in [-0.39, 0.29) is 11.7 Å². The van der Waals surface area contributed by atoms with Crippen molar-refractivity contribution in [1.82, 2.24) is 4.98 Å². The van der Waals surface area contributed by atoms with E-state index in [0.717, 1.165) is 24.1 Å². The number of pyridine rings is 1. The van der Waals surface area contributed by atoms with E-state index in [1.807, 2.05) is 24.4 Å². The van der Waals surface area contributed by atoms with Crippen LogP contribution in [0.25, 0.3) is 11.3 Å². The number of nitrogens with one attached hydrogen (secondary N) is 1. The van der Waals surface area contributed by atoms with Gasteiger partial charge in [-0.05, 0) is 54.4 Å². The molecule has 0 bridgehead atoms. The number of benzene rings is 2. The van der Waals surface area contributed by atoms with Gasteiger partial charge in [0.25, 0.3) is 5.91 Å². The Hall–Kier alpha value is -3.01. The molecule has 1 amide bonds. The molecule has 0 spiro atoms. The summed E-state index contributed by atoms with van der Waals surface area (Å²) in [6.07, 6.45) is 4.02. The summed E-state index contributed by atoms with van der Waals surface area (Å²) in [5.74, 6) is -0.566. The number of carbonyl (C=O) groups excluding carboxylic acids is 1. The normalized spacial score (nSPS) is 10.5. The number of hydrogen-bond donors (Lipinski definition) is 1. The van der Waals surface area contributed by atoms with Crippen LogP contribution < -0.4 is 5.32 Å². The first-order valence-corrected chi connectivity index (χ1v) is 8.28. The molecule has 4 heteroatoms. The van der Waals surface area contributed by atoms with E-state index < -0.39 is 0 Å². The average molecular weight is 334 g/mol. The minimum absolute atomic E-state index is 0.232. The molecule has 0 aliphatic rings. The lowest BCUT2D eigenvalue weighted by molar-refractivity contribution is 0.102. The Bertz CT molecular complexity index is 841. The smallest absolute Gasteiger partial charge is 0.255 e. The van der Waals surface area contributed by atoms with Crippen molar-refractivity contribution in [3.05, 3.63) is 83.8 Å². The molecule has 0 aliphatic heterocycles. The summed E-state index contributed by atoms with van der Waals surface area (Å²) in [7, 11) is 0. The molecule has 1 N–H and O–H groups in total. The molecular weight excluding hydrogens is 315 g/mol. The standard InChI is InChI=1S/C21H19FN2O/c1-2-3-15-4-13-20(23-14-15)16-5-7-17(8-6-16)21(25)24-19-11-9-18(22)10-12-19/h4-14H,2-3H2,1H3,(H,24,25). The van der Waals surface area contributed by atoms with Crippen molar-refractivity contribution < 1.29 is 9.18 Å². The summed E-state index contributed by atoms with van der Waals surface area (Å²) in [6.45, 7) is 2.14. The molecular formula is C21H19FN2O. The fourth-order valence-electron chi connectivity index (χ4n) is 2.56. The van der Waals surface area contributed by atoms with Crippen LogP contribution in [0.4, 0.5) is 10.1 Å². The molecule has 126 valence electrons. The third-order valence-electron chi connectivity index (χ3n) is 3.91. The number of halogens is 1. The van der Waals surface area contributed by atoms with Crippen molar-refractivity contribution in [3.63, 3.8) is 0 Å². The summed E-state index contributed by atoms with van der Waals surface area (Å²) < 4.78 is 12.9. The molecule has 0 fully saturated rings. The van der Waals surface area contributed by atoms with E-state index in [1.54, 1.807) is 12.1 Å². The van der Waals surface area contributed by atoms with Crippen molar-refractivity contribution in [2.24, 2.45) is 0 Å². The highest BCUT2D eigenvalue weighted by Gasteiger charge is 2.07. The molecule has 0 radical (unpaired) electrons. The quantitative estimate of drug-likeness (QED) is 0.706. The Kier molecular flexibility index (Phi) is 5.19. The molecule has 0 saturated carbocycles. The molecule has 0 atom stereocenters. The van der Waals surface area contributed by atoms with Gasteiger partial charge < -0.3 is 5.32 Å². The monoisotopic (exact) mass is 334 g/mol. The molecule has 25 heavy (non-hydrogen) atoms. The van der Waals surface area contributed by atoms with E-state index in [0.29, 0.717) is 11.3 Å². The summed E-state index contributed by atoms with van der Waals surface area (Å²) in [5, 5.41) is 2.74. The zero-order chi connectivity index (χ0) is 17.6. The molecule has 1 aromatic heterocycles. The van der Waals surface area contributed by atoms with Crippen LogP contribution in [0.15, 0.2) is 66.9 Å². The number of nitrogens with zero attached hydrogens (tertiary/aromatic N) is 1. The first-order valence-electron chi connectivity index (χ1n) is 8.28. The molecule has 3 rings (SSSR count). The summed E-state index contributed by atoms with van der Waals surface area (Å²) in [4.78, 5) is 16.7. The maximum Gasteiger partial charge on any atom is 0.255 e. The van der Waals surface area contributed by atoms with Crippen LogP contribution in [0.2, 0.25) is 0 Å². The fraction of sp³-hybridized carbons (Fsp3) is 0.143. The highest BCUT2D eigenvalue weighted by Crippen LogP contribution is 2.19. The second kappa shape index (κ2) is 7.71. The van der Waals surface area contributed by atoms with E-state index in [1.165, 1.54) is 29.8 Å². The highest BCUT2D eigenvalue weighted by molar-refractivity contribution is 6.04. The molecule has 0 unspecified atom stereocenters. The second-order valence-electron chi connectivity index (χ2n) is 5.84. The maximum atomic E-state index is 12.9. The van der Waals surface area contributed by atoms with Gasteiger partial charge in [0.05, 0.1) is 5.69 Å². The minimum atomic E-state index is -0.334. The molecule has 0 aliphatic carbocycles. The van der Waals surface area contributed by atoms with E-state index in [4.69, 9.17) is 0 Å². The van der Waals surface area contributed by atoms with Gasteiger partial charge in [-0.3, -0.25) is 9.78 Å². The zero-order valence-corrected chi connectivity index (χ0v) is 14.0. The van der Waals surface area contributed by atoms with Crippen LogP contribution in [-0.4, -0.2) is 10.9 Å². The van der Waals surface area contributed by atoms with Gasteiger partial charge >= 0.3 is 0 Å². The van der Waals surface area contributed by atoms with Gasteiger partial charge in [0.15, 0.2) is 0 Å². The lowest BCUT2D eigenvalue weighted by Crippen LogP contribution is -2.11. The van der Waals surface area contributed by atoms with E-state index >= 15 is 0 Å². The first-order chi connectivity index (χ1) is 12.2. The highest BCUT2D eigenvalue weighted by atomic mass is 19.1. The number of hydrogen-bond acceptors (Lipinski definition) is 2. The Balaban J connectivity index is 1.70. The third kappa shape index (κ3) is 4.29. The largest absolute Gasteiger partial charge is 0.322 e. The predicted octanol–water partition coefficient (Wildman–Crippen LogP) is 5.09. The summed E-state index contributed by atoms with van der Waals surface area (Å²) >= 11 is 0. The number of anilines is 1. The molecule has 3 aromatic rings. The topological polar surface area (TPSA) is 42.0 Å². The lowest BCUT2D eigenvalue weighted by Gasteiger charge is -2.07. The molecule has 3 nitrogen and oxygen atoms in total. The van der Waals surface area contributed by atoms with Gasteiger partial charge in [0, 0.05) is 23.0 Å². The van der Waals surface area contributed by atoms with Gasteiger partial charge in [-0.2, -0.15) is 0 Å². The predicted molar refractivity (Wildman–Crippen MR) is 98.0 cm³/mol. The Morgan fingerprint density at radius 1 is 1.00 bits per heavy atom. The van der Waals surface area contributed by atoms with Crippen LogP contribution >= 0.6 is 0 Å². The van der Waals surface area contributed by atoms with Gasteiger partial charge in [-0.1, -0.05) is 31.5 Å². The van der Waals surface area contributed by atoms with Crippen LogP contribution in [0.3, 0.4) is 0 Å². The second-order valence-corrected chi connectivity index (χ2v) is 5.84. The van der Waals surface area contributed by atoms with Gasteiger partial charge in [-0.15, -0.1) is 0 Å².